The van der Waals surface area contributed by atoms with Crippen LogP contribution in [-0.4, -0.2) is 28.3 Å². The Bertz CT molecular complexity index is 301. The zero-order valence-corrected chi connectivity index (χ0v) is 12.6. The van der Waals surface area contributed by atoms with Crippen molar-refractivity contribution in [2.24, 2.45) is 0 Å². The Hall–Kier alpha value is -0.160. The molecule has 0 spiro atoms. The zero-order valence-electron chi connectivity index (χ0n) is 10.2. The summed E-state index contributed by atoms with van der Waals surface area (Å²) in [5, 5.41) is 2.15. The summed E-state index contributed by atoms with van der Waals surface area (Å²) < 4.78 is 4.36. The molecule has 16 heavy (non-hydrogen) atoms. The number of rotatable bonds is 7. The van der Waals surface area contributed by atoms with E-state index in [0.717, 1.165) is 22.8 Å². The molecular weight excluding hydrogens is 286 g/mol. The van der Waals surface area contributed by atoms with Gasteiger partial charge in [0.15, 0.2) is 0 Å². The normalized spacial score (nSPS) is 11.1. The Morgan fingerprint density at radius 1 is 1.31 bits per heavy atom. The highest BCUT2D eigenvalue weighted by atomic mass is 79.9. The van der Waals surface area contributed by atoms with Gasteiger partial charge in [-0.15, -0.1) is 0 Å². The molecule has 3 nitrogen and oxygen atoms in total. The highest BCUT2D eigenvalue weighted by Gasteiger charge is 2.10. The van der Waals surface area contributed by atoms with Crippen LogP contribution in [0.25, 0.3) is 0 Å². The molecule has 0 amide bonds. The number of anilines is 1. The smallest absolute Gasteiger partial charge is 0.204 e. The first-order chi connectivity index (χ1) is 7.65. The van der Waals surface area contributed by atoms with E-state index in [4.69, 9.17) is 0 Å². The first-order valence-corrected chi connectivity index (χ1v) is 7.65. The maximum absolute atomic E-state index is 4.53. The first-order valence-electron chi connectivity index (χ1n) is 5.76. The summed E-state index contributed by atoms with van der Waals surface area (Å²) in [5.41, 5.74) is 0. The largest absolute Gasteiger partial charge is 0.350 e. The topological polar surface area (TPSA) is 29.0 Å². The Labute approximate surface area is 111 Å². The van der Waals surface area contributed by atoms with Gasteiger partial charge in [-0.3, -0.25) is 0 Å². The predicted octanol–water partition coefficient (Wildman–Crippen LogP) is 3.66. The Kier molecular flexibility index (Phi) is 6.28. The van der Waals surface area contributed by atoms with E-state index in [1.54, 1.807) is 0 Å². The Morgan fingerprint density at radius 2 is 2.06 bits per heavy atom. The molecule has 0 atom stereocenters. The molecule has 1 aromatic rings. The minimum atomic E-state index is 0.423. The fraction of sp³-hybridized carbons (Fsp3) is 0.818. The monoisotopic (exact) mass is 305 g/mol. The summed E-state index contributed by atoms with van der Waals surface area (Å²) in [4.78, 5) is 6.74. The van der Waals surface area contributed by atoms with E-state index >= 15 is 0 Å². The molecule has 1 aromatic heterocycles. The molecule has 0 bridgehead atoms. The third kappa shape index (κ3) is 4.37. The van der Waals surface area contributed by atoms with Crippen LogP contribution in [-0.2, 0) is 0 Å². The molecule has 5 heteroatoms. The van der Waals surface area contributed by atoms with Crippen LogP contribution in [0.5, 0.6) is 0 Å². The Balaban J connectivity index is 2.37. The Morgan fingerprint density at radius 3 is 2.62 bits per heavy atom. The van der Waals surface area contributed by atoms with Crippen molar-refractivity contribution in [1.82, 2.24) is 9.36 Å². The van der Waals surface area contributed by atoms with Crippen LogP contribution in [0.2, 0.25) is 0 Å². The number of halogens is 1. The van der Waals surface area contributed by atoms with Gasteiger partial charge in [0.25, 0.3) is 0 Å². The van der Waals surface area contributed by atoms with E-state index in [9.17, 15) is 0 Å². The van der Waals surface area contributed by atoms with E-state index in [1.807, 2.05) is 0 Å². The average Bonchev–Trinajstić information content (AvgIpc) is 2.73. The van der Waals surface area contributed by atoms with Crippen molar-refractivity contribution < 1.29 is 0 Å². The van der Waals surface area contributed by atoms with Gasteiger partial charge in [0.2, 0.25) is 5.13 Å². The van der Waals surface area contributed by atoms with Crippen molar-refractivity contribution in [3.8, 4) is 0 Å². The van der Waals surface area contributed by atoms with Crippen molar-refractivity contribution in [2.45, 2.75) is 39.0 Å². The minimum absolute atomic E-state index is 0.423. The fourth-order valence-corrected chi connectivity index (χ4v) is 2.52. The average molecular weight is 306 g/mol. The lowest BCUT2D eigenvalue weighted by Crippen LogP contribution is -2.18. The molecule has 0 aromatic carbocycles. The summed E-state index contributed by atoms with van der Waals surface area (Å²) in [6.07, 6.45) is 3.74. The second-order valence-electron chi connectivity index (χ2n) is 4.26. The molecule has 92 valence electrons. The van der Waals surface area contributed by atoms with Gasteiger partial charge in [0.05, 0.1) is 0 Å². The zero-order chi connectivity index (χ0) is 12.0. The molecule has 1 heterocycles. The van der Waals surface area contributed by atoms with Crippen LogP contribution in [0.15, 0.2) is 0 Å². The summed E-state index contributed by atoms with van der Waals surface area (Å²) in [6.45, 7) is 5.32. The molecule has 0 fully saturated rings. The maximum Gasteiger partial charge on any atom is 0.204 e. The SMILES string of the molecule is CC(C)c1nsc(N(C)CCCCCBr)n1. The lowest BCUT2D eigenvalue weighted by Gasteiger charge is -2.14. The number of unbranched alkanes of at least 4 members (excludes halogenated alkanes) is 2. The van der Waals surface area contributed by atoms with Crippen LogP contribution >= 0.6 is 27.5 Å². The fourth-order valence-electron chi connectivity index (χ4n) is 1.33. The molecular formula is C11H20BrN3S. The second kappa shape index (κ2) is 7.22. The van der Waals surface area contributed by atoms with Gasteiger partial charge < -0.3 is 4.90 Å². The standard InChI is InChI=1S/C11H20BrN3S/c1-9(2)10-13-11(16-14-10)15(3)8-6-4-5-7-12/h9H,4-8H2,1-3H3. The van der Waals surface area contributed by atoms with Crippen LogP contribution in [0, 0.1) is 0 Å². The van der Waals surface area contributed by atoms with Crippen molar-refractivity contribution in [3.63, 3.8) is 0 Å². The molecule has 0 unspecified atom stereocenters. The summed E-state index contributed by atoms with van der Waals surface area (Å²) in [5.74, 6) is 1.39. The van der Waals surface area contributed by atoms with Crippen molar-refractivity contribution in [1.29, 1.82) is 0 Å². The molecule has 0 saturated heterocycles. The van der Waals surface area contributed by atoms with Crippen molar-refractivity contribution in [2.75, 3.05) is 23.8 Å². The van der Waals surface area contributed by atoms with Gasteiger partial charge in [-0.2, -0.15) is 4.37 Å². The highest BCUT2D eigenvalue weighted by molar-refractivity contribution is 9.09. The molecule has 0 aliphatic heterocycles. The molecule has 0 radical (unpaired) electrons. The third-order valence-corrected chi connectivity index (χ3v) is 3.81. The van der Waals surface area contributed by atoms with Gasteiger partial charge in [-0.05, 0) is 12.8 Å². The van der Waals surface area contributed by atoms with Crippen LogP contribution < -0.4 is 4.90 Å². The van der Waals surface area contributed by atoms with Gasteiger partial charge in [0, 0.05) is 36.4 Å². The summed E-state index contributed by atoms with van der Waals surface area (Å²) in [7, 11) is 2.10. The highest BCUT2D eigenvalue weighted by Crippen LogP contribution is 2.20. The van der Waals surface area contributed by atoms with Gasteiger partial charge in [0.1, 0.15) is 5.82 Å². The second-order valence-corrected chi connectivity index (χ2v) is 5.78. The van der Waals surface area contributed by atoms with Crippen LogP contribution in [0.4, 0.5) is 5.13 Å². The van der Waals surface area contributed by atoms with Crippen LogP contribution in [0.3, 0.4) is 0 Å². The summed E-state index contributed by atoms with van der Waals surface area (Å²) >= 11 is 4.95. The first kappa shape index (κ1) is 13.9. The quantitative estimate of drug-likeness (QED) is 0.568. The van der Waals surface area contributed by atoms with Gasteiger partial charge >= 0.3 is 0 Å². The van der Waals surface area contributed by atoms with E-state index in [-0.39, 0.29) is 0 Å². The number of hydrogen-bond acceptors (Lipinski definition) is 4. The predicted molar refractivity (Wildman–Crippen MR) is 74.9 cm³/mol. The lowest BCUT2D eigenvalue weighted by atomic mass is 10.2. The van der Waals surface area contributed by atoms with Crippen LogP contribution in [0.1, 0.15) is 44.9 Å². The maximum atomic E-state index is 4.53. The number of alkyl halides is 1. The van der Waals surface area contributed by atoms with E-state index in [1.165, 1.54) is 30.8 Å². The molecule has 0 aliphatic carbocycles. The molecule has 0 saturated carbocycles. The molecule has 0 N–H and O–H groups in total. The number of aromatic nitrogens is 2. The number of nitrogens with zero attached hydrogens (tertiary/aromatic N) is 3. The molecule has 1 rings (SSSR count). The minimum Gasteiger partial charge on any atom is -0.350 e. The van der Waals surface area contributed by atoms with Gasteiger partial charge in [-0.1, -0.05) is 36.2 Å². The lowest BCUT2D eigenvalue weighted by molar-refractivity contribution is 0.707. The van der Waals surface area contributed by atoms with Crippen molar-refractivity contribution in [3.05, 3.63) is 5.82 Å². The van der Waals surface area contributed by atoms with E-state index in [2.05, 4.69) is 51.1 Å². The van der Waals surface area contributed by atoms with Gasteiger partial charge in [-0.25, -0.2) is 4.98 Å². The summed E-state index contributed by atoms with van der Waals surface area (Å²) in [6, 6.07) is 0. The van der Waals surface area contributed by atoms with E-state index in [0.29, 0.717) is 5.92 Å². The number of hydrogen-bond donors (Lipinski definition) is 0. The molecule has 0 aliphatic rings. The third-order valence-electron chi connectivity index (χ3n) is 2.40. The van der Waals surface area contributed by atoms with E-state index < -0.39 is 0 Å². The van der Waals surface area contributed by atoms with Crippen molar-refractivity contribution >= 4 is 32.6 Å².